The largest absolute Gasteiger partial charge is 0.310 e. The molecule has 0 aromatic carbocycles. The van der Waals surface area contributed by atoms with Crippen LogP contribution in [0.2, 0.25) is 0 Å². The highest BCUT2D eigenvalue weighted by atomic mass is 15.2. The third kappa shape index (κ3) is 2.29. The van der Waals surface area contributed by atoms with E-state index in [2.05, 4.69) is 24.2 Å². The van der Waals surface area contributed by atoms with E-state index in [1.807, 2.05) is 0 Å². The van der Waals surface area contributed by atoms with E-state index in [1.165, 1.54) is 45.2 Å². The molecule has 2 nitrogen and oxygen atoms in total. The van der Waals surface area contributed by atoms with Gasteiger partial charge in [-0.2, -0.15) is 0 Å². The molecule has 1 N–H and O–H groups in total. The van der Waals surface area contributed by atoms with Crippen LogP contribution in [0, 0.1) is 5.92 Å². The molecule has 0 aromatic rings. The summed E-state index contributed by atoms with van der Waals surface area (Å²) in [5.74, 6) is 0.959. The van der Waals surface area contributed by atoms with Crippen molar-refractivity contribution in [2.75, 3.05) is 20.1 Å². The van der Waals surface area contributed by atoms with Crippen LogP contribution in [-0.2, 0) is 0 Å². The number of hydrogen-bond donors (Lipinski definition) is 1. The Hall–Kier alpha value is -0.0800. The zero-order chi connectivity index (χ0) is 9.97. The van der Waals surface area contributed by atoms with E-state index >= 15 is 0 Å². The molecule has 1 saturated carbocycles. The van der Waals surface area contributed by atoms with Gasteiger partial charge in [0.25, 0.3) is 0 Å². The van der Waals surface area contributed by atoms with E-state index in [0.29, 0.717) is 0 Å². The second-order valence-corrected chi connectivity index (χ2v) is 5.12. The Morgan fingerprint density at radius 2 is 2.14 bits per heavy atom. The smallest absolute Gasteiger partial charge is 0.0209 e. The molecule has 1 heterocycles. The lowest BCUT2D eigenvalue weighted by Gasteiger charge is -2.23. The minimum atomic E-state index is 0.775. The molecule has 14 heavy (non-hydrogen) atoms. The Kier molecular flexibility index (Phi) is 3.45. The maximum absolute atomic E-state index is 3.87. The van der Waals surface area contributed by atoms with Gasteiger partial charge < -0.3 is 10.2 Å². The quantitative estimate of drug-likeness (QED) is 0.741. The molecule has 0 amide bonds. The normalized spacial score (nSPS) is 39.4. The monoisotopic (exact) mass is 196 g/mol. The van der Waals surface area contributed by atoms with Crippen LogP contribution in [0.25, 0.3) is 0 Å². The summed E-state index contributed by atoms with van der Waals surface area (Å²) in [6, 6.07) is 1.61. The average molecular weight is 196 g/mol. The van der Waals surface area contributed by atoms with Gasteiger partial charge in [-0.15, -0.1) is 0 Å². The molecule has 82 valence electrons. The van der Waals surface area contributed by atoms with Crippen LogP contribution in [0.4, 0.5) is 0 Å². The lowest BCUT2D eigenvalue weighted by Crippen LogP contribution is -2.41. The molecule has 2 fully saturated rings. The summed E-state index contributed by atoms with van der Waals surface area (Å²) in [6.07, 6.45) is 7.03. The topological polar surface area (TPSA) is 15.3 Å². The summed E-state index contributed by atoms with van der Waals surface area (Å²) < 4.78 is 0. The first kappa shape index (κ1) is 10.4. The molecule has 0 spiro atoms. The van der Waals surface area contributed by atoms with E-state index < -0.39 is 0 Å². The second-order valence-electron chi connectivity index (χ2n) is 5.12. The fourth-order valence-corrected chi connectivity index (χ4v) is 3.12. The molecule has 1 saturated heterocycles. The Morgan fingerprint density at radius 3 is 2.79 bits per heavy atom. The number of likely N-dealkylation sites (tertiary alicyclic amines) is 1. The van der Waals surface area contributed by atoms with Gasteiger partial charge in [-0.3, -0.25) is 0 Å². The average Bonchev–Trinajstić information content (AvgIpc) is 2.76. The van der Waals surface area contributed by atoms with Crippen molar-refractivity contribution in [2.24, 2.45) is 5.92 Å². The molecule has 0 radical (unpaired) electrons. The van der Waals surface area contributed by atoms with Gasteiger partial charge in [-0.05, 0) is 38.8 Å². The third-order valence-corrected chi connectivity index (χ3v) is 4.02. The molecule has 0 bridgehead atoms. The molecular formula is C12H24N2. The highest BCUT2D eigenvalue weighted by Crippen LogP contribution is 2.28. The minimum absolute atomic E-state index is 0.775. The van der Waals surface area contributed by atoms with Crippen molar-refractivity contribution in [3.05, 3.63) is 0 Å². The Bertz CT molecular complexity index is 181. The zero-order valence-corrected chi connectivity index (χ0v) is 9.63. The van der Waals surface area contributed by atoms with E-state index in [9.17, 15) is 0 Å². The van der Waals surface area contributed by atoms with Gasteiger partial charge in [0, 0.05) is 18.6 Å². The van der Waals surface area contributed by atoms with Gasteiger partial charge in [-0.25, -0.2) is 0 Å². The predicted octanol–water partition coefficient (Wildman–Crippen LogP) is 1.86. The Labute approximate surface area is 88.1 Å². The zero-order valence-electron chi connectivity index (χ0n) is 9.63. The maximum atomic E-state index is 3.87. The predicted molar refractivity (Wildman–Crippen MR) is 60.5 cm³/mol. The summed E-state index contributed by atoms with van der Waals surface area (Å²) in [5.41, 5.74) is 0. The van der Waals surface area contributed by atoms with Gasteiger partial charge >= 0.3 is 0 Å². The lowest BCUT2D eigenvalue weighted by molar-refractivity contribution is 0.336. The van der Waals surface area contributed by atoms with Crippen molar-refractivity contribution in [1.82, 2.24) is 10.2 Å². The van der Waals surface area contributed by atoms with Crippen molar-refractivity contribution in [2.45, 2.75) is 51.1 Å². The van der Waals surface area contributed by atoms with Gasteiger partial charge in [0.05, 0.1) is 0 Å². The second kappa shape index (κ2) is 4.63. The first-order chi connectivity index (χ1) is 6.79. The first-order valence-corrected chi connectivity index (χ1v) is 6.24. The van der Waals surface area contributed by atoms with Crippen molar-refractivity contribution in [3.8, 4) is 0 Å². The third-order valence-electron chi connectivity index (χ3n) is 4.02. The van der Waals surface area contributed by atoms with Gasteiger partial charge in [0.2, 0.25) is 0 Å². The van der Waals surface area contributed by atoms with Gasteiger partial charge in [0.15, 0.2) is 0 Å². The Morgan fingerprint density at radius 1 is 1.29 bits per heavy atom. The van der Waals surface area contributed by atoms with E-state index in [-0.39, 0.29) is 0 Å². The number of hydrogen-bond acceptors (Lipinski definition) is 2. The van der Waals surface area contributed by atoms with Gasteiger partial charge in [-0.1, -0.05) is 19.8 Å². The van der Waals surface area contributed by atoms with E-state index in [1.54, 1.807) is 0 Å². The molecule has 2 heteroatoms. The fourth-order valence-electron chi connectivity index (χ4n) is 3.12. The van der Waals surface area contributed by atoms with Crippen LogP contribution in [0.3, 0.4) is 0 Å². The van der Waals surface area contributed by atoms with Crippen LogP contribution in [-0.4, -0.2) is 37.1 Å². The van der Waals surface area contributed by atoms with Crippen LogP contribution >= 0.6 is 0 Å². The summed E-state index contributed by atoms with van der Waals surface area (Å²) in [7, 11) is 2.23. The van der Waals surface area contributed by atoms with Gasteiger partial charge in [0.1, 0.15) is 0 Å². The van der Waals surface area contributed by atoms with Crippen molar-refractivity contribution in [3.63, 3.8) is 0 Å². The number of likely N-dealkylation sites (N-methyl/N-ethyl adjacent to an activating group) is 1. The molecule has 1 aliphatic carbocycles. The minimum Gasteiger partial charge on any atom is -0.310 e. The van der Waals surface area contributed by atoms with Crippen molar-refractivity contribution in [1.29, 1.82) is 0 Å². The fraction of sp³-hybridized carbons (Fsp3) is 1.00. The lowest BCUT2D eigenvalue weighted by atomic mass is 10.00. The van der Waals surface area contributed by atoms with Crippen LogP contribution in [0.1, 0.15) is 39.0 Å². The molecule has 3 atom stereocenters. The van der Waals surface area contributed by atoms with Crippen LogP contribution in [0.5, 0.6) is 0 Å². The van der Waals surface area contributed by atoms with Crippen LogP contribution < -0.4 is 5.32 Å². The highest BCUT2D eigenvalue weighted by molar-refractivity contribution is 4.88. The standard InChI is InChI=1S/C12H24N2/c1-3-10-5-4-6-12(10)13-11-7-8-14(2)9-11/h10-13H,3-9H2,1-2H3. The SMILES string of the molecule is CCC1CCCC1NC1CCN(C)C1. The first-order valence-electron chi connectivity index (χ1n) is 6.24. The molecular weight excluding hydrogens is 172 g/mol. The molecule has 0 aromatic heterocycles. The summed E-state index contributed by atoms with van der Waals surface area (Å²) >= 11 is 0. The maximum Gasteiger partial charge on any atom is 0.0209 e. The van der Waals surface area contributed by atoms with Crippen molar-refractivity contribution < 1.29 is 0 Å². The Balaban J connectivity index is 1.79. The van der Waals surface area contributed by atoms with E-state index in [0.717, 1.165) is 18.0 Å². The summed E-state index contributed by atoms with van der Waals surface area (Å²) in [4.78, 5) is 2.44. The summed E-state index contributed by atoms with van der Waals surface area (Å²) in [5, 5.41) is 3.87. The number of rotatable bonds is 3. The number of nitrogens with one attached hydrogen (secondary N) is 1. The number of nitrogens with zero attached hydrogens (tertiary/aromatic N) is 1. The molecule has 1 aliphatic heterocycles. The molecule has 2 aliphatic rings. The molecule has 2 rings (SSSR count). The highest BCUT2D eigenvalue weighted by Gasteiger charge is 2.29. The van der Waals surface area contributed by atoms with Crippen molar-refractivity contribution >= 4 is 0 Å². The summed E-state index contributed by atoms with van der Waals surface area (Å²) in [6.45, 7) is 4.87. The van der Waals surface area contributed by atoms with Crippen LogP contribution in [0.15, 0.2) is 0 Å². The van der Waals surface area contributed by atoms with E-state index in [4.69, 9.17) is 0 Å². The molecule has 3 unspecified atom stereocenters.